The standard InChI is InChI=1S/C11H18BrN3O2/c1-5-7-9(12)8(15(4)14-7)6-13-11(2,3)10(16)17/h13H,5-6H2,1-4H3,(H,16,17). The second-order valence-electron chi connectivity index (χ2n) is 4.47. The maximum atomic E-state index is 11.0. The molecule has 17 heavy (non-hydrogen) atoms. The summed E-state index contributed by atoms with van der Waals surface area (Å²) in [5.74, 6) is -0.869. The third kappa shape index (κ3) is 3.07. The summed E-state index contributed by atoms with van der Waals surface area (Å²) < 4.78 is 2.73. The van der Waals surface area contributed by atoms with Gasteiger partial charge < -0.3 is 5.11 Å². The minimum absolute atomic E-state index is 0.462. The minimum Gasteiger partial charge on any atom is -0.480 e. The van der Waals surface area contributed by atoms with Crippen LogP contribution in [0.5, 0.6) is 0 Å². The highest BCUT2D eigenvalue weighted by molar-refractivity contribution is 9.10. The van der Waals surface area contributed by atoms with E-state index in [-0.39, 0.29) is 0 Å². The van der Waals surface area contributed by atoms with Gasteiger partial charge in [-0.15, -0.1) is 0 Å². The zero-order valence-electron chi connectivity index (χ0n) is 10.5. The molecule has 1 aromatic heterocycles. The Morgan fingerprint density at radius 2 is 2.18 bits per heavy atom. The summed E-state index contributed by atoms with van der Waals surface area (Å²) in [5.41, 5.74) is 0.990. The van der Waals surface area contributed by atoms with Crippen LogP contribution in [0.2, 0.25) is 0 Å². The van der Waals surface area contributed by atoms with Gasteiger partial charge in [-0.05, 0) is 36.2 Å². The Morgan fingerprint density at radius 1 is 1.59 bits per heavy atom. The van der Waals surface area contributed by atoms with E-state index in [9.17, 15) is 4.79 Å². The first kappa shape index (κ1) is 14.2. The molecule has 0 bridgehead atoms. The number of aliphatic carboxylic acids is 1. The van der Waals surface area contributed by atoms with E-state index in [1.54, 1.807) is 18.5 Å². The molecule has 0 saturated heterocycles. The first-order valence-corrected chi connectivity index (χ1v) is 6.27. The second-order valence-corrected chi connectivity index (χ2v) is 5.26. The van der Waals surface area contributed by atoms with Gasteiger partial charge in [-0.25, -0.2) is 0 Å². The highest BCUT2D eigenvalue weighted by Crippen LogP contribution is 2.21. The molecule has 0 spiro atoms. The molecule has 0 unspecified atom stereocenters. The van der Waals surface area contributed by atoms with Crippen molar-refractivity contribution in [2.45, 2.75) is 39.3 Å². The second kappa shape index (κ2) is 5.18. The van der Waals surface area contributed by atoms with Crippen LogP contribution in [-0.4, -0.2) is 26.4 Å². The lowest BCUT2D eigenvalue weighted by Gasteiger charge is -2.21. The van der Waals surface area contributed by atoms with Crippen LogP contribution >= 0.6 is 15.9 Å². The predicted octanol–water partition coefficient (Wildman–Crippen LogP) is 1.70. The number of carbonyl (C=O) groups is 1. The molecule has 1 aromatic rings. The topological polar surface area (TPSA) is 67.2 Å². The molecule has 1 heterocycles. The number of aromatic nitrogens is 2. The number of carboxylic acid groups (broad SMARTS) is 1. The van der Waals surface area contributed by atoms with Crippen molar-refractivity contribution >= 4 is 21.9 Å². The average Bonchev–Trinajstić information content (AvgIpc) is 2.51. The maximum absolute atomic E-state index is 11.0. The third-order valence-electron chi connectivity index (χ3n) is 2.74. The molecule has 0 fully saturated rings. The smallest absolute Gasteiger partial charge is 0.323 e. The van der Waals surface area contributed by atoms with E-state index in [0.717, 1.165) is 22.3 Å². The highest BCUT2D eigenvalue weighted by Gasteiger charge is 2.27. The SMILES string of the molecule is CCc1nn(C)c(CNC(C)(C)C(=O)O)c1Br. The van der Waals surface area contributed by atoms with E-state index in [1.165, 1.54) is 0 Å². The molecule has 0 aliphatic rings. The van der Waals surface area contributed by atoms with Crippen molar-refractivity contribution in [3.8, 4) is 0 Å². The van der Waals surface area contributed by atoms with Gasteiger partial charge in [0.25, 0.3) is 0 Å². The largest absolute Gasteiger partial charge is 0.480 e. The summed E-state index contributed by atoms with van der Waals surface area (Å²) in [7, 11) is 1.86. The number of hydrogen-bond acceptors (Lipinski definition) is 3. The van der Waals surface area contributed by atoms with E-state index in [0.29, 0.717) is 6.54 Å². The Labute approximate surface area is 109 Å². The van der Waals surface area contributed by atoms with E-state index in [1.807, 2.05) is 14.0 Å². The van der Waals surface area contributed by atoms with Crippen LogP contribution in [0.4, 0.5) is 0 Å². The molecule has 0 aliphatic carbocycles. The quantitative estimate of drug-likeness (QED) is 0.869. The van der Waals surface area contributed by atoms with Gasteiger partial charge in [-0.3, -0.25) is 14.8 Å². The van der Waals surface area contributed by atoms with Gasteiger partial charge in [-0.2, -0.15) is 5.10 Å². The number of halogens is 1. The molecule has 0 radical (unpaired) electrons. The van der Waals surface area contributed by atoms with Crippen LogP contribution < -0.4 is 5.32 Å². The third-order valence-corrected chi connectivity index (χ3v) is 3.65. The molecule has 6 heteroatoms. The molecule has 0 aromatic carbocycles. The van der Waals surface area contributed by atoms with Crippen molar-refractivity contribution in [1.82, 2.24) is 15.1 Å². The molecule has 2 N–H and O–H groups in total. The van der Waals surface area contributed by atoms with Crippen LogP contribution in [0.1, 0.15) is 32.2 Å². The average molecular weight is 304 g/mol. The van der Waals surface area contributed by atoms with Crippen molar-refractivity contribution < 1.29 is 9.90 Å². The monoisotopic (exact) mass is 303 g/mol. The lowest BCUT2D eigenvalue weighted by Crippen LogP contribution is -2.46. The predicted molar refractivity (Wildman–Crippen MR) is 68.8 cm³/mol. The van der Waals surface area contributed by atoms with Crippen molar-refractivity contribution in [2.24, 2.45) is 7.05 Å². The summed E-state index contributed by atoms with van der Waals surface area (Å²) in [6.07, 6.45) is 0.844. The molecule has 5 nitrogen and oxygen atoms in total. The number of hydrogen-bond donors (Lipinski definition) is 2. The summed E-state index contributed by atoms with van der Waals surface area (Å²) in [4.78, 5) is 11.0. The number of nitrogens with zero attached hydrogens (tertiary/aromatic N) is 2. The van der Waals surface area contributed by atoms with Crippen molar-refractivity contribution in [1.29, 1.82) is 0 Å². The van der Waals surface area contributed by atoms with Crippen LogP contribution in [0, 0.1) is 0 Å². The van der Waals surface area contributed by atoms with Gasteiger partial charge in [0.15, 0.2) is 0 Å². The van der Waals surface area contributed by atoms with Crippen LogP contribution in [0.3, 0.4) is 0 Å². The molecular weight excluding hydrogens is 286 g/mol. The summed E-state index contributed by atoms with van der Waals surface area (Å²) in [6, 6.07) is 0. The molecule has 0 atom stereocenters. The zero-order chi connectivity index (χ0) is 13.2. The van der Waals surface area contributed by atoms with Crippen LogP contribution in [-0.2, 0) is 24.8 Å². The Balaban J connectivity index is 2.83. The van der Waals surface area contributed by atoms with Gasteiger partial charge in [0.05, 0.1) is 15.9 Å². The number of rotatable bonds is 5. The molecule has 1 rings (SSSR count). The van der Waals surface area contributed by atoms with Gasteiger partial charge in [-0.1, -0.05) is 6.92 Å². The molecule has 0 saturated carbocycles. The number of nitrogens with one attached hydrogen (secondary N) is 1. The summed E-state index contributed by atoms with van der Waals surface area (Å²) >= 11 is 3.50. The fourth-order valence-electron chi connectivity index (χ4n) is 1.39. The Morgan fingerprint density at radius 3 is 2.59 bits per heavy atom. The molecular formula is C11H18BrN3O2. The van der Waals surface area contributed by atoms with Crippen LogP contribution in [0.25, 0.3) is 0 Å². The normalized spacial score (nSPS) is 11.8. The lowest BCUT2D eigenvalue weighted by molar-refractivity contribution is -0.143. The van der Waals surface area contributed by atoms with Gasteiger partial charge in [0.2, 0.25) is 0 Å². The van der Waals surface area contributed by atoms with Crippen molar-refractivity contribution in [3.63, 3.8) is 0 Å². The molecule has 96 valence electrons. The molecule has 0 aliphatic heterocycles. The van der Waals surface area contributed by atoms with Crippen molar-refractivity contribution in [3.05, 3.63) is 15.9 Å². The highest BCUT2D eigenvalue weighted by atomic mass is 79.9. The molecule has 0 amide bonds. The van der Waals surface area contributed by atoms with E-state index in [2.05, 4.69) is 26.3 Å². The number of carboxylic acids is 1. The first-order chi connectivity index (χ1) is 7.79. The summed E-state index contributed by atoms with van der Waals surface area (Å²) in [6.45, 7) is 5.77. The van der Waals surface area contributed by atoms with Crippen molar-refractivity contribution in [2.75, 3.05) is 0 Å². The number of aryl methyl sites for hydroxylation is 2. The Kier molecular flexibility index (Phi) is 4.32. The Hall–Kier alpha value is -0.880. The van der Waals surface area contributed by atoms with E-state index < -0.39 is 11.5 Å². The van der Waals surface area contributed by atoms with Gasteiger partial charge in [0.1, 0.15) is 5.54 Å². The Bertz CT molecular complexity index is 427. The van der Waals surface area contributed by atoms with Crippen LogP contribution in [0.15, 0.2) is 4.47 Å². The minimum atomic E-state index is -0.948. The summed E-state index contributed by atoms with van der Waals surface area (Å²) in [5, 5.41) is 16.4. The zero-order valence-corrected chi connectivity index (χ0v) is 12.1. The van der Waals surface area contributed by atoms with Gasteiger partial charge >= 0.3 is 5.97 Å². The fourth-order valence-corrected chi connectivity index (χ4v) is 2.15. The fraction of sp³-hybridized carbons (Fsp3) is 0.636. The first-order valence-electron chi connectivity index (χ1n) is 5.48. The van der Waals surface area contributed by atoms with Gasteiger partial charge in [0, 0.05) is 13.6 Å². The maximum Gasteiger partial charge on any atom is 0.323 e. The lowest BCUT2D eigenvalue weighted by atomic mass is 10.1. The van der Waals surface area contributed by atoms with E-state index in [4.69, 9.17) is 5.11 Å². The van der Waals surface area contributed by atoms with E-state index >= 15 is 0 Å².